The smallest absolute Gasteiger partial charge is 0.224 e. The van der Waals surface area contributed by atoms with Crippen molar-refractivity contribution in [2.24, 2.45) is 0 Å². The van der Waals surface area contributed by atoms with Crippen molar-refractivity contribution in [1.29, 1.82) is 0 Å². The van der Waals surface area contributed by atoms with E-state index < -0.39 is 0 Å². The van der Waals surface area contributed by atoms with Gasteiger partial charge in [0.25, 0.3) is 0 Å². The number of methoxy groups -OCH3 is 1. The number of carbonyl (C=O) groups excluding carboxylic acids is 1. The summed E-state index contributed by atoms with van der Waals surface area (Å²) in [7, 11) is 1.66. The van der Waals surface area contributed by atoms with Crippen LogP contribution in [0.3, 0.4) is 0 Å². The van der Waals surface area contributed by atoms with Crippen LogP contribution in [0.5, 0.6) is 5.75 Å². The zero-order valence-corrected chi connectivity index (χ0v) is 14.3. The maximum absolute atomic E-state index is 11.7. The Morgan fingerprint density at radius 2 is 1.96 bits per heavy atom. The van der Waals surface area contributed by atoms with E-state index in [1.807, 2.05) is 24.3 Å². The van der Waals surface area contributed by atoms with Gasteiger partial charge in [-0.25, -0.2) is 4.98 Å². The van der Waals surface area contributed by atoms with Gasteiger partial charge >= 0.3 is 0 Å². The average Bonchev–Trinajstić information content (AvgIpc) is 2.62. The lowest BCUT2D eigenvalue weighted by molar-refractivity contribution is -0.116. The molecule has 0 saturated heterocycles. The molecule has 1 heterocycles. The molecule has 1 aromatic heterocycles. The van der Waals surface area contributed by atoms with Crippen LogP contribution in [-0.2, 0) is 11.2 Å². The largest absolute Gasteiger partial charge is 0.497 e. The van der Waals surface area contributed by atoms with E-state index in [1.54, 1.807) is 13.3 Å². The van der Waals surface area contributed by atoms with Gasteiger partial charge in [-0.05, 0) is 42.7 Å². The average molecular weight is 327 g/mol. The van der Waals surface area contributed by atoms with Crippen molar-refractivity contribution in [2.75, 3.05) is 24.3 Å². The van der Waals surface area contributed by atoms with E-state index in [0.717, 1.165) is 43.1 Å². The van der Waals surface area contributed by atoms with Crippen molar-refractivity contribution < 1.29 is 9.53 Å². The Balaban J connectivity index is 1.75. The number of unbranched alkanes of at least 4 members (excludes halogenated alkanes) is 1. The van der Waals surface area contributed by atoms with Gasteiger partial charge in [-0.2, -0.15) is 0 Å². The highest BCUT2D eigenvalue weighted by atomic mass is 16.5. The highest BCUT2D eigenvalue weighted by molar-refractivity contribution is 5.90. The van der Waals surface area contributed by atoms with Crippen LogP contribution in [0.1, 0.15) is 31.7 Å². The molecule has 0 saturated carbocycles. The lowest BCUT2D eigenvalue weighted by atomic mass is 10.1. The lowest BCUT2D eigenvalue weighted by Crippen LogP contribution is -2.11. The SMILES string of the molecule is CCCCC(=O)Nc1ccc(NCCc2ccc(OC)cc2)nc1. The predicted molar refractivity (Wildman–Crippen MR) is 97.6 cm³/mol. The van der Waals surface area contributed by atoms with Crippen LogP contribution >= 0.6 is 0 Å². The molecule has 0 unspecified atom stereocenters. The van der Waals surface area contributed by atoms with E-state index in [1.165, 1.54) is 5.56 Å². The molecule has 5 heteroatoms. The second-order valence-corrected chi connectivity index (χ2v) is 5.61. The molecule has 0 spiro atoms. The maximum atomic E-state index is 11.7. The Hall–Kier alpha value is -2.56. The van der Waals surface area contributed by atoms with Crippen LogP contribution in [-0.4, -0.2) is 24.5 Å². The number of carbonyl (C=O) groups is 1. The topological polar surface area (TPSA) is 63.2 Å². The molecule has 5 nitrogen and oxygen atoms in total. The molecule has 2 N–H and O–H groups in total. The Bertz CT molecular complexity index is 624. The van der Waals surface area contributed by atoms with Crippen LogP contribution < -0.4 is 15.4 Å². The molecule has 0 bridgehead atoms. The zero-order valence-electron chi connectivity index (χ0n) is 14.3. The molecule has 2 rings (SSSR count). The van der Waals surface area contributed by atoms with Gasteiger partial charge in [0.2, 0.25) is 5.91 Å². The Morgan fingerprint density at radius 1 is 1.17 bits per heavy atom. The van der Waals surface area contributed by atoms with E-state index in [0.29, 0.717) is 6.42 Å². The number of anilines is 2. The number of nitrogens with zero attached hydrogens (tertiary/aromatic N) is 1. The molecule has 0 aliphatic rings. The summed E-state index contributed by atoms with van der Waals surface area (Å²) in [6.45, 7) is 2.86. The molecule has 24 heavy (non-hydrogen) atoms. The van der Waals surface area contributed by atoms with E-state index in [4.69, 9.17) is 4.74 Å². The van der Waals surface area contributed by atoms with Gasteiger partial charge in [-0.1, -0.05) is 25.5 Å². The van der Waals surface area contributed by atoms with Crippen LogP contribution in [0.25, 0.3) is 0 Å². The first kappa shape index (κ1) is 17.8. The molecule has 0 aliphatic heterocycles. The van der Waals surface area contributed by atoms with Crippen LogP contribution in [0, 0.1) is 0 Å². The molecule has 0 atom stereocenters. The lowest BCUT2D eigenvalue weighted by Gasteiger charge is -2.08. The molecule has 0 aliphatic carbocycles. The van der Waals surface area contributed by atoms with E-state index in [-0.39, 0.29) is 5.91 Å². The molecular formula is C19H25N3O2. The van der Waals surface area contributed by atoms with Gasteiger partial charge in [0.15, 0.2) is 0 Å². The summed E-state index contributed by atoms with van der Waals surface area (Å²) in [4.78, 5) is 16.0. The van der Waals surface area contributed by atoms with Gasteiger partial charge < -0.3 is 15.4 Å². The number of pyridine rings is 1. The van der Waals surface area contributed by atoms with Crippen molar-refractivity contribution in [1.82, 2.24) is 4.98 Å². The number of amides is 1. The quantitative estimate of drug-likeness (QED) is 0.734. The summed E-state index contributed by atoms with van der Waals surface area (Å²) >= 11 is 0. The number of nitrogens with one attached hydrogen (secondary N) is 2. The van der Waals surface area contributed by atoms with Crippen molar-refractivity contribution in [2.45, 2.75) is 32.6 Å². The van der Waals surface area contributed by atoms with Crippen molar-refractivity contribution in [3.63, 3.8) is 0 Å². The van der Waals surface area contributed by atoms with Crippen LogP contribution in [0.2, 0.25) is 0 Å². The normalized spacial score (nSPS) is 10.2. The first-order chi connectivity index (χ1) is 11.7. The predicted octanol–water partition coefficient (Wildman–Crippen LogP) is 3.87. The van der Waals surface area contributed by atoms with Gasteiger partial charge in [0, 0.05) is 13.0 Å². The van der Waals surface area contributed by atoms with E-state index in [2.05, 4.69) is 34.7 Å². The third kappa shape index (κ3) is 5.91. The fourth-order valence-corrected chi connectivity index (χ4v) is 2.26. The monoisotopic (exact) mass is 327 g/mol. The van der Waals surface area contributed by atoms with E-state index in [9.17, 15) is 4.79 Å². The molecule has 2 aromatic rings. The highest BCUT2D eigenvalue weighted by Crippen LogP contribution is 2.13. The van der Waals surface area contributed by atoms with Gasteiger partial charge in [0.05, 0.1) is 19.0 Å². The van der Waals surface area contributed by atoms with Crippen LogP contribution in [0.15, 0.2) is 42.6 Å². The van der Waals surface area contributed by atoms with E-state index >= 15 is 0 Å². The number of aromatic nitrogens is 1. The summed E-state index contributed by atoms with van der Waals surface area (Å²) < 4.78 is 5.15. The summed E-state index contributed by atoms with van der Waals surface area (Å²) in [6.07, 6.45) is 5.06. The second-order valence-electron chi connectivity index (χ2n) is 5.61. The molecule has 0 radical (unpaired) electrons. The minimum Gasteiger partial charge on any atom is -0.497 e. The Kier molecular flexibility index (Phi) is 7.08. The first-order valence-electron chi connectivity index (χ1n) is 8.34. The van der Waals surface area contributed by atoms with Crippen molar-refractivity contribution in [3.8, 4) is 5.75 Å². The fraction of sp³-hybridized carbons (Fsp3) is 0.368. The number of hydrogen-bond donors (Lipinski definition) is 2. The van der Waals surface area contributed by atoms with Crippen molar-refractivity contribution in [3.05, 3.63) is 48.2 Å². The number of ether oxygens (including phenoxy) is 1. The summed E-state index contributed by atoms with van der Waals surface area (Å²) in [5, 5.41) is 6.14. The molecular weight excluding hydrogens is 302 g/mol. The minimum atomic E-state index is 0.0406. The Morgan fingerprint density at radius 3 is 2.58 bits per heavy atom. The third-order valence-corrected chi connectivity index (χ3v) is 3.68. The summed E-state index contributed by atoms with van der Waals surface area (Å²) in [5.74, 6) is 1.71. The standard InChI is InChI=1S/C19H25N3O2/c1-3-4-5-19(23)22-16-8-11-18(21-14-16)20-13-12-15-6-9-17(24-2)10-7-15/h6-11,14H,3-5,12-13H2,1-2H3,(H,20,21)(H,22,23). The second kappa shape index (κ2) is 9.55. The molecule has 1 aromatic carbocycles. The summed E-state index contributed by atoms with van der Waals surface area (Å²) in [6, 6.07) is 11.8. The first-order valence-corrected chi connectivity index (χ1v) is 8.34. The highest BCUT2D eigenvalue weighted by Gasteiger charge is 2.02. The molecule has 128 valence electrons. The van der Waals surface area contributed by atoms with Gasteiger partial charge in [0.1, 0.15) is 11.6 Å². The van der Waals surface area contributed by atoms with Crippen molar-refractivity contribution >= 4 is 17.4 Å². The number of benzene rings is 1. The maximum Gasteiger partial charge on any atom is 0.224 e. The number of rotatable bonds is 9. The number of hydrogen-bond acceptors (Lipinski definition) is 4. The van der Waals surface area contributed by atoms with Crippen LogP contribution in [0.4, 0.5) is 11.5 Å². The molecule has 1 amide bonds. The Labute approximate surface area is 143 Å². The fourth-order valence-electron chi connectivity index (χ4n) is 2.26. The third-order valence-electron chi connectivity index (χ3n) is 3.68. The summed E-state index contributed by atoms with van der Waals surface area (Å²) in [5.41, 5.74) is 1.97. The van der Waals surface area contributed by atoms with Gasteiger partial charge in [-0.15, -0.1) is 0 Å². The minimum absolute atomic E-state index is 0.0406. The zero-order chi connectivity index (χ0) is 17.2. The van der Waals surface area contributed by atoms with Gasteiger partial charge in [-0.3, -0.25) is 4.79 Å². The molecule has 0 fully saturated rings.